The summed E-state index contributed by atoms with van der Waals surface area (Å²) in [5.41, 5.74) is 7.36. The van der Waals surface area contributed by atoms with Crippen LogP contribution in [-0.4, -0.2) is 30.4 Å². The predicted molar refractivity (Wildman–Crippen MR) is 81.6 cm³/mol. The molecule has 1 aliphatic rings. The van der Waals surface area contributed by atoms with Crippen LogP contribution in [0.15, 0.2) is 24.3 Å². The smallest absolute Gasteiger partial charge is 0.242 e. The predicted octanol–water partition coefficient (Wildman–Crippen LogP) is 0.213. The first-order valence-electron chi connectivity index (χ1n) is 7.43. The average Bonchev–Trinajstić information content (AvgIpc) is 2.73. The number of nitriles is 1. The maximum absolute atomic E-state index is 12.1. The third kappa shape index (κ3) is 4.30. The van der Waals surface area contributed by atoms with Crippen molar-refractivity contribution < 1.29 is 9.59 Å². The van der Waals surface area contributed by atoms with Crippen molar-refractivity contribution in [2.75, 3.05) is 6.54 Å². The Hall–Kier alpha value is -2.39. The largest absolute Gasteiger partial charge is 0.354 e. The summed E-state index contributed by atoms with van der Waals surface area (Å²) in [7, 11) is 0. The topological polar surface area (TPSA) is 108 Å². The zero-order valence-corrected chi connectivity index (χ0v) is 12.3. The first-order chi connectivity index (χ1) is 10.6. The fourth-order valence-corrected chi connectivity index (χ4v) is 2.42. The Labute approximate surface area is 129 Å². The van der Waals surface area contributed by atoms with Crippen molar-refractivity contribution in [2.45, 2.75) is 37.8 Å². The zero-order valence-electron chi connectivity index (χ0n) is 12.3. The molecule has 22 heavy (non-hydrogen) atoms. The van der Waals surface area contributed by atoms with Crippen LogP contribution >= 0.6 is 0 Å². The number of carbonyl (C=O) groups is 2. The van der Waals surface area contributed by atoms with Gasteiger partial charge in [0, 0.05) is 6.54 Å². The minimum absolute atomic E-state index is 0.142. The number of hydrogen-bond acceptors (Lipinski definition) is 4. The molecule has 4 N–H and O–H groups in total. The maximum atomic E-state index is 12.1. The molecule has 116 valence electrons. The second-order valence-electron chi connectivity index (χ2n) is 5.47. The zero-order chi connectivity index (χ0) is 15.9. The summed E-state index contributed by atoms with van der Waals surface area (Å²) in [5.74, 6) is -0.470. The van der Waals surface area contributed by atoms with Crippen LogP contribution < -0.4 is 16.4 Å². The van der Waals surface area contributed by atoms with Gasteiger partial charge in [-0.2, -0.15) is 5.26 Å². The molecule has 2 atom stereocenters. The molecule has 1 fully saturated rings. The van der Waals surface area contributed by atoms with Crippen LogP contribution in [0, 0.1) is 11.3 Å². The van der Waals surface area contributed by atoms with Crippen molar-refractivity contribution in [3.63, 3.8) is 0 Å². The lowest BCUT2D eigenvalue weighted by atomic mass is 10.0. The lowest BCUT2D eigenvalue weighted by molar-refractivity contribution is -0.129. The van der Waals surface area contributed by atoms with Crippen LogP contribution in [0.1, 0.15) is 30.4 Å². The number of nitrogens with one attached hydrogen (secondary N) is 2. The molecule has 2 amide bonds. The summed E-state index contributed by atoms with van der Waals surface area (Å²) in [6.45, 7) is 0.655. The second-order valence-corrected chi connectivity index (χ2v) is 5.47. The molecule has 2 rings (SSSR count). The first-order valence-corrected chi connectivity index (χ1v) is 7.43. The Morgan fingerprint density at radius 2 is 2.14 bits per heavy atom. The van der Waals surface area contributed by atoms with Gasteiger partial charge in [-0.1, -0.05) is 12.1 Å². The van der Waals surface area contributed by atoms with Crippen LogP contribution in [0.2, 0.25) is 0 Å². The van der Waals surface area contributed by atoms with Crippen LogP contribution in [0.25, 0.3) is 0 Å². The third-order valence-electron chi connectivity index (χ3n) is 3.73. The van der Waals surface area contributed by atoms with Crippen molar-refractivity contribution in [2.24, 2.45) is 5.73 Å². The number of nitrogens with zero attached hydrogens (tertiary/aromatic N) is 1. The lowest BCUT2D eigenvalue weighted by Gasteiger charge is -2.18. The van der Waals surface area contributed by atoms with Gasteiger partial charge in [0.05, 0.1) is 17.7 Å². The van der Waals surface area contributed by atoms with Crippen molar-refractivity contribution >= 4 is 11.8 Å². The minimum Gasteiger partial charge on any atom is -0.354 e. The van der Waals surface area contributed by atoms with E-state index in [2.05, 4.69) is 10.6 Å². The van der Waals surface area contributed by atoms with E-state index < -0.39 is 12.1 Å². The number of hydrogen-bond donors (Lipinski definition) is 3. The summed E-state index contributed by atoms with van der Waals surface area (Å²) >= 11 is 0. The molecule has 0 saturated carbocycles. The van der Waals surface area contributed by atoms with Gasteiger partial charge in [0.1, 0.15) is 6.04 Å². The van der Waals surface area contributed by atoms with E-state index in [0.29, 0.717) is 24.9 Å². The Kier molecular flexibility index (Phi) is 5.50. The molecule has 1 aromatic rings. The lowest BCUT2D eigenvalue weighted by Crippen LogP contribution is -2.51. The van der Waals surface area contributed by atoms with Crippen molar-refractivity contribution in [3.05, 3.63) is 35.4 Å². The van der Waals surface area contributed by atoms with Gasteiger partial charge in [0.2, 0.25) is 11.8 Å². The molecule has 1 saturated heterocycles. The van der Waals surface area contributed by atoms with E-state index in [9.17, 15) is 9.59 Å². The van der Waals surface area contributed by atoms with E-state index in [1.54, 1.807) is 24.3 Å². The number of amides is 2. The van der Waals surface area contributed by atoms with E-state index in [1.165, 1.54) is 0 Å². The highest BCUT2D eigenvalue weighted by atomic mass is 16.2. The molecule has 1 aliphatic heterocycles. The number of benzene rings is 1. The normalized spacial score (nSPS) is 19.5. The summed E-state index contributed by atoms with van der Waals surface area (Å²) in [6, 6.07) is 7.77. The van der Waals surface area contributed by atoms with Gasteiger partial charge in [-0.25, -0.2) is 0 Å². The highest BCUT2D eigenvalue weighted by Crippen LogP contribution is 2.08. The molecule has 2 unspecified atom stereocenters. The van der Waals surface area contributed by atoms with Gasteiger partial charge in [0.25, 0.3) is 0 Å². The highest BCUT2D eigenvalue weighted by Gasteiger charge is 2.24. The monoisotopic (exact) mass is 300 g/mol. The molecule has 0 spiro atoms. The summed E-state index contributed by atoms with van der Waals surface area (Å²) in [6.07, 6.45) is 2.83. The summed E-state index contributed by atoms with van der Waals surface area (Å²) in [4.78, 5) is 23.9. The Balaban J connectivity index is 1.90. The van der Waals surface area contributed by atoms with Crippen molar-refractivity contribution in [3.8, 4) is 6.07 Å². The third-order valence-corrected chi connectivity index (χ3v) is 3.73. The molecular weight excluding hydrogens is 280 g/mol. The van der Waals surface area contributed by atoms with E-state index >= 15 is 0 Å². The molecule has 0 aliphatic carbocycles. The number of nitrogens with two attached hydrogens (primary N) is 1. The highest BCUT2D eigenvalue weighted by molar-refractivity contribution is 5.89. The van der Waals surface area contributed by atoms with E-state index in [0.717, 1.165) is 18.4 Å². The molecule has 0 bridgehead atoms. The number of carbonyl (C=O) groups excluding carboxylic acids is 2. The first kappa shape index (κ1) is 16.0. The fraction of sp³-hybridized carbons (Fsp3) is 0.438. The minimum atomic E-state index is -0.719. The molecule has 6 nitrogen and oxygen atoms in total. The summed E-state index contributed by atoms with van der Waals surface area (Å²) in [5, 5.41) is 14.3. The Morgan fingerprint density at radius 3 is 2.82 bits per heavy atom. The van der Waals surface area contributed by atoms with Crippen molar-refractivity contribution in [1.82, 2.24) is 10.6 Å². The van der Waals surface area contributed by atoms with Crippen LogP contribution in [-0.2, 0) is 16.0 Å². The van der Waals surface area contributed by atoms with Gasteiger partial charge >= 0.3 is 0 Å². The van der Waals surface area contributed by atoms with E-state index in [1.807, 2.05) is 6.07 Å². The molecule has 6 heteroatoms. The SMILES string of the molecule is N#Cc1ccc(CC(N)C(=O)NC2CCCCNC2=O)cc1. The standard InChI is InChI=1S/C16H20N4O2/c17-10-12-6-4-11(5-7-12)9-13(18)15(21)20-14-3-1-2-8-19-16(14)22/h4-7,13-14H,1-3,8-9,18H2,(H,19,22)(H,20,21). The molecular formula is C16H20N4O2. The Bertz CT molecular complexity index is 577. The van der Waals surface area contributed by atoms with E-state index in [4.69, 9.17) is 11.0 Å². The van der Waals surface area contributed by atoms with Gasteiger partial charge in [-0.3, -0.25) is 9.59 Å². The van der Waals surface area contributed by atoms with Crippen molar-refractivity contribution in [1.29, 1.82) is 5.26 Å². The molecule has 1 aromatic carbocycles. The average molecular weight is 300 g/mol. The molecule has 1 heterocycles. The molecule has 0 aromatic heterocycles. The fourth-order valence-electron chi connectivity index (χ4n) is 2.42. The Morgan fingerprint density at radius 1 is 1.41 bits per heavy atom. The van der Waals surface area contributed by atoms with Crippen LogP contribution in [0.4, 0.5) is 0 Å². The van der Waals surface area contributed by atoms with E-state index in [-0.39, 0.29) is 11.8 Å². The van der Waals surface area contributed by atoms with Crippen LogP contribution in [0.5, 0.6) is 0 Å². The van der Waals surface area contributed by atoms with Gasteiger partial charge in [-0.05, 0) is 43.4 Å². The van der Waals surface area contributed by atoms with Crippen LogP contribution in [0.3, 0.4) is 0 Å². The number of rotatable bonds is 4. The second kappa shape index (κ2) is 7.57. The molecule has 0 radical (unpaired) electrons. The maximum Gasteiger partial charge on any atom is 0.242 e. The summed E-state index contributed by atoms with van der Waals surface area (Å²) < 4.78 is 0. The van der Waals surface area contributed by atoms with Gasteiger partial charge < -0.3 is 16.4 Å². The van der Waals surface area contributed by atoms with Gasteiger partial charge in [0.15, 0.2) is 0 Å². The van der Waals surface area contributed by atoms with Gasteiger partial charge in [-0.15, -0.1) is 0 Å². The quantitative estimate of drug-likeness (QED) is 0.738.